The van der Waals surface area contributed by atoms with Gasteiger partial charge in [-0.15, -0.1) is 0 Å². The Morgan fingerprint density at radius 2 is 1.92 bits per heavy atom. The van der Waals surface area contributed by atoms with Gasteiger partial charge in [-0.25, -0.2) is 4.68 Å². The molecule has 4 nitrogen and oxygen atoms in total. The van der Waals surface area contributed by atoms with Crippen molar-refractivity contribution in [1.82, 2.24) is 14.8 Å². The van der Waals surface area contributed by atoms with Crippen LogP contribution in [0.4, 0.5) is 5.82 Å². The lowest BCUT2D eigenvalue weighted by Crippen LogP contribution is -2.07. The Hall–Kier alpha value is -2.04. The molecule has 1 aliphatic heterocycles. The molecule has 0 saturated heterocycles. The molecule has 0 atom stereocenters. The van der Waals surface area contributed by atoms with E-state index < -0.39 is 0 Å². The van der Waals surface area contributed by atoms with Crippen molar-refractivity contribution < 1.29 is 0 Å². The monoisotopic (exact) mass is 372 g/mol. The minimum absolute atomic E-state index is 0.603. The summed E-state index contributed by atoms with van der Waals surface area (Å²) in [6, 6.07) is 11.5. The van der Waals surface area contributed by atoms with E-state index in [2.05, 4.69) is 10.3 Å². The topological polar surface area (TPSA) is 42.7 Å². The first-order valence-electron chi connectivity index (χ1n) is 8.42. The molecule has 1 aromatic carbocycles. The summed E-state index contributed by atoms with van der Waals surface area (Å²) < 4.78 is 1.93. The number of fused-ring (bicyclic) bond motifs is 1. The van der Waals surface area contributed by atoms with Gasteiger partial charge in [-0.1, -0.05) is 29.3 Å². The van der Waals surface area contributed by atoms with Gasteiger partial charge in [-0.3, -0.25) is 4.98 Å². The number of aromatic nitrogens is 3. The SMILES string of the molecule is Clc1cc(Cl)cc(-n2nc(Cc3ccccn3)c3c2NCCCC3)c1. The summed E-state index contributed by atoms with van der Waals surface area (Å²) in [4.78, 5) is 4.44. The third-order valence-corrected chi connectivity index (χ3v) is 4.82. The van der Waals surface area contributed by atoms with Crippen molar-refractivity contribution in [2.75, 3.05) is 11.9 Å². The fourth-order valence-electron chi connectivity index (χ4n) is 3.24. The number of nitrogens with zero attached hydrogens (tertiary/aromatic N) is 3. The second-order valence-corrected chi connectivity index (χ2v) is 7.07. The van der Waals surface area contributed by atoms with E-state index in [1.165, 1.54) is 5.56 Å². The molecular formula is C19H18Cl2N4. The second kappa shape index (κ2) is 7.06. The summed E-state index contributed by atoms with van der Waals surface area (Å²) in [6.07, 6.45) is 5.84. The second-order valence-electron chi connectivity index (χ2n) is 6.20. The Balaban J connectivity index is 1.81. The van der Waals surface area contributed by atoms with Gasteiger partial charge < -0.3 is 5.32 Å². The zero-order chi connectivity index (χ0) is 17.2. The van der Waals surface area contributed by atoms with E-state index in [-0.39, 0.29) is 0 Å². The van der Waals surface area contributed by atoms with Gasteiger partial charge in [0, 0.05) is 40.5 Å². The number of hydrogen-bond acceptors (Lipinski definition) is 3. The van der Waals surface area contributed by atoms with Crippen LogP contribution in [0.5, 0.6) is 0 Å². The third-order valence-electron chi connectivity index (χ3n) is 4.38. The highest BCUT2D eigenvalue weighted by molar-refractivity contribution is 6.34. The van der Waals surface area contributed by atoms with Crippen molar-refractivity contribution in [2.24, 2.45) is 0 Å². The van der Waals surface area contributed by atoms with Gasteiger partial charge in [-0.2, -0.15) is 5.10 Å². The van der Waals surface area contributed by atoms with Crippen LogP contribution in [0.1, 0.15) is 29.8 Å². The molecule has 4 rings (SSSR count). The van der Waals surface area contributed by atoms with Crippen molar-refractivity contribution >= 4 is 29.0 Å². The van der Waals surface area contributed by atoms with Crippen molar-refractivity contribution in [3.05, 3.63) is 69.6 Å². The number of hydrogen-bond donors (Lipinski definition) is 1. The standard InChI is InChI=1S/C19H18Cl2N4/c20-13-9-14(21)11-16(10-13)25-19-17(6-2-4-8-23-19)18(24-25)12-15-5-1-3-7-22-15/h1,3,5,7,9-11,23H,2,4,6,8,12H2. The first kappa shape index (κ1) is 16.4. The highest BCUT2D eigenvalue weighted by atomic mass is 35.5. The first-order valence-corrected chi connectivity index (χ1v) is 9.17. The molecule has 0 fully saturated rings. The van der Waals surface area contributed by atoms with E-state index >= 15 is 0 Å². The molecule has 0 radical (unpaired) electrons. The number of rotatable bonds is 3. The predicted molar refractivity (Wildman–Crippen MR) is 102 cm³/mol. The van der Waals surface area contributed by atoms with Gasteiger partial charge in [-0.05, 0) is 49.6 Å². The van der Waals surface area contributed by atoms with Gasteiger partial charge in [0.1, 0.15) is 5.82 Å². The predicted octanol–water partition coefficient (Wildman–Crippen LogP) is 4.91. The Bertz CT molecular complexity index is 870. The minimum Gasteiger partial charge on any atom is -0.370 e. The molecule has 25 heavy (non-hydrogen) atoms. The molecule has 1 N–H and O–H groups in total. The van der Waals surface area contributed by atoms with Gasteiger partial charge in [0.05, 0.1) is 11.4 Å². The number of benzene rings is 1. The summed E-state index contributed by atoms with van der Waals surface area (Å²) in [5, 5.41) is 9.62. The molecule has 2 aromatic heterocycles. The number of nitrogens with one attached hydrogen (secondary N) is 1. The molecule has 0 saturated carbocycles. The highest BCUT2D eigenvalue weighted by Crippen LogP contribution is 2.31. The lowest BCUT2D eigenvalue weighted by atomic mass is 10.1. The average Bonchev–Trinajstić information content (AvgIpc) is 2.78. The molecule has 6 heteroatoms. The zero-order valence-corrected chi connectivity index (χ0v) is 15.2. The van der Waals surface area contributed by atoms with Crippen LogP contribution in [0.25, 0.3) is 5.69 Å². The Labute approximate surface area is 156 Å². The molecule has 3 aromatic rings. The number of halogens is 2. The molecule has 0 spiro atoms. The number of anilines is 1. The van der Waals surface area contributed by atoms with Crippen molar-refractivity contribution in [3.63, 3.8) is 0 Å². The van der Waals surface area contributed by atoms with Crippen molar-refractivity contribution in [1.29, 1.82) is 0 Å². The Kier molecular flexibility index (Phi) is 4.64. The highest BCUT2D eigenvalue weighted by Gasteiger charge is 2.21. The van der Waals surface area contributed by atoms with Crippen LogP contribution >= 0.6 is 23.2 Å². The van der Waals surface area contributed by atoms with E-state index in [4.69, 9.17) is 28.3 Å². The Morgan fingerprint density at radius 1 is 1.08 bits per heavy atom. The van der Waals surface area contributed by atoms with Crippen molar-refractivity contribution in [2.45, 2.75) is 25.7 Å². The smallest absolute Gasteiger partial charge is 0.133 e. The molecule has 128 valence electrons. The zero-order valence-electron chi connectivity index (χ0n) is 13.7. The first-order chi connectivity index (χ1) is 12.2. The molecule has 0 unspecified atom stereocenters. The lowest BCUT2D eigenvalue weighted by molar-refractivity contribution is 0.766. The summed E-state index contributed by atoms with van der Waals surface area (Å²) in [7, 11) is 0. The van der Waals surface area contributed by atoms with Crippen LogP contribution in [0, 0.1) is 0 Å². The van der Waals surface area contributed by atoms with E-state index in [0.29, 0.717) is 16.5 Å². The van der Waals surface area contributed by atoms with Gasteiger partial charge in [0.2, 0.25) is 0 Å². The maximum absolute atomic E-state index is 6.20. The summed E-state index contributed by atoms with van der Waals surface area (Å²) in [6.45, 7) is 0.940. The molecule has 0 aliphatic carbocycles. The molecular weight excluding hydrogens is 355 g/mol. The fourth-order valence-corrected chi connectivity index (χ4v) is 3.75. The van der Waals surface area contributed by atoms with Crippen LogP contribution in [-0.2, 0) is 12.8 Å². The Morgan fingerprint density at radius 3 is 2.68 bits per heavy atom. The number of pyridine rings is 1. The van der Waals surface area contributed by atoms with Crippen LogP contribution in [0.2, 0.25) is 10.0 Å². The fraction of sp³-hybridized carbons (Fsp3) is 0.263. The summed E-state index contributed by atoms with van der Waals surface area (Å²) in [5.74, 6) is 1.04. The molecule has 0 bridgehead atoms. The largest absolute Gasteiger partial charge is 0.370 e. The van der Waals surface area contributed by atoms with Crippen molar-refractivity contribution in [3.8, 4) is 5.69 Å². The molecule has 0 amide bonds. The van der Waals surface area contributed by atoms with E-state index in [1.54, 1.807) is 6.07 Å². The average molecular weight is 373 g/mol. The molecule has 3 heterocycles. The van der Waals surface area contributed by atoms with E-state index in [9.17, 15) is 0 Å². The van der Waals surface area contributed by atoms with Crippen LogP contribution in [0.15, 0.2) is 42.6 Å². The summed E-state index contributed by atoms with van der Waals surface area (Å²) >= 11 is 12.4. The van der Waals surface area contributed by atoms with Crippen LogP contribution in [0.3, 0.4) is 0 Å². The van der Waals surface area contributed by atoms with E-state index in [0.717, 1.165) is 48.7 Å². The maximum Gasteiger partial charge on any atom is 0.133 e. The van der Waals surface area contributed by atoms with E-state index in [1.807, 2.05) is 41.2 Å². The van der Waals surface area contributed by atoms with Gasteiger partial charge >= 0.3 is 0 Å². The van der Waals surface area contributed by atoms with Crippen LogP contribution in [-0.4, -0.2) is 21.3 Å². The maximum atomic E-state index is 6.20. The third kappa shape index (κ3) is 3.51. The van der Waals surface area contributed by atoms with Crippen LogP contribution < -0.4 is 5.32 Å². The quantitative estimate of drug-likeness (QED) is 0.709. The van der Waals surface area contributed by atoms with Gasteiger partial charge in [0.25, 0.3) is 0 Å². The van der Waals surface area contributed by atoms with Gasteiger partial charge in [0.15, 0.2) is 0 Å². The lowest BCUT2D eigenvalue weighted by Gasteiger charge is -2.10. The normalized spacial score (nSPS) is 13.8. The molecule has 1 aliphatic rings. The summed E-state index contributed by atoms with van der Waals surface area (Å²) in [5.41, 5.74) is 4.21. The minimum atomic E-state index is 0.603.